The minimum Gasteiger partial charge on any atom is -0.494 e. The number of hydrogen-bond donors (Lipinski definition) is 2. The average molecular weight is 453 g/mol. The van der Waals surface area contributed by atoms with Crippen LogP contribution in [-0.2, 0) is 9.59 Å². The maximum atomic E-state index is 12.0. The summed E-state index contributed by atoms with van der Waals surface area (Å²) >= 11 is 0. The largest absolute Gasteiger partial charge is 0.494 e. The Bertz CT molecular complexity index is 887. The van der Waals surface area contributed by atoms with Gasteiger partial charge in [-0.25, -0.2) is 10.9 Å². The van der Waals surface area contributed by atoms with Gasteiger partial charge >= 0.3 is 0 Å². The second-order valence-electron chi connectivity index (χ2n) is 7.23. The predicted molar refractivity (Wildman–Crippen MR) is 130 cm³/mol. The number of nitrogens with one attached hydrogen (secondary N) is 2. The normalized spacial score (nSPS) is 11.6. The first-order valence-electron chi connectivity index (χ1n) is 11.1. The van der Waals surface area contributed by atoms with Gasteiger partial charge in [0.2, 0.25) is 11.8 Å². The summed E-state index contributed by atoms with van der Waals surface area (Å²) in [7, 11) is 0. The molecule has 0 bridgehead atoms. The molecule has 2 aromatic rings. The summed E-state index contributed by atoms with van der Waals surface area (Å²) in [5.74, 6) is 1.08. The Kier molecular flexibility index (Phi) is 10.6. The zero-order chi connectivity index (χ0) is 24.1. The van der Waals surface area contributed by atoms with Crippen molar-refractivity contribution in [1.82, 2.24) is 10.9 Å². The fourth-order valence-corrected chi connectivity index (χ4v) is 2.86. The molecule has 0 fully saturated rings. The maximum absolute atomic E-state index is 12.0. The van der Waals surface area contributed by atoms with E-state index < -0.39 is 0 Å². The lowest BCUT2D eigenvalue weighted by molar-refractivity contribution is -0.122. The molecule has 8 heteroatoms. The molecule has 0 radical (unpaired) electrons. The van der Waals surface area contributed by atoms with E-state index in [4.69, 9.17) is 9.47 Å². The van der Waals surface area contributed by atoms with Crippen LogP contribution in [-0.4, -0.2) is 36.5 Å². The van der Waals surface area contributed by atoms with Crippen molar-refractivity contribution in [1.29, 1.82) is 0 Å². The molecule has 2 rings (SSSR count). The third-order valence-corrected chi connectivity index (χ3v) is 4.67. The Balaban J connectivity index is 1.72. The number of hydrazone groups is 2. The van der Waals surface area contributed by atoms with E-state index in [-0.39, 0.29) is 24.7 Å². The molecule has 0 aliphatic carbocycles. The highest BCUT2D eigenvalue weighted by Crippen LogP contribution is 2.13. The van der Waals surface area contributed by atoms with Crippen molar-refractivity contribution in [2.75, 3.05) is 13.2 Å². The van der Waals surface area contributed by atoms with Crippen LogP contribution in [0.3, 0.4) is 0 Å². The molecule has 0 saturated carbocycles. The predicted octanol–water partition coefficient (Wildman–Crippen LogP) is 4.03. The van der Waals surface area contributed by atoms with E-state index in [1.165, 1.54) is 0 Å². The van der Waals surface area contributed by atoms with Crippen molar-refractivity contribution >= 4 is 23.2 Å². The van der Waals surface area contributed by atoms with Gasteiger partial charge < -0.3 is 9.47 Å². The van der Waals surface area contributed by atoms with Gasteiger partial charge in [-0.05, 0) is 93.8 Å². The summed E-state index contributed by atoms with van der Waals surface area (Å²) < 4.78 is 10.8. The van der Waals surface area contributed by atoms with Crippen molar-refractivity contribution in [2.24, 2.45) is 10.2 Å². The smallest absolute Gasteiger partial charge is 0.240 e. The second kappa shape index (κ2) is 13.7. The average Bonchev–Trinajstić information content (AvgIpc) is 2.82. The highest BCUT2D eigenvalue weighted by molar-refractivity contribution is 6.00. The Labute approximate surface area is 195 Å². The first-order chi connectivity index (χ1) is 15.9. The summed E-state index contributed by atoms with van der Waals surface area (Å²) in [6, 6.07) is 15.0. The SMILES string of the molecule is CCOc1ccc(C(C)=NNC(=O)CCCC(=O)NN=C(C)c2ccc(OCC)cc2)cc1. The number of carbonyl (C=O) groups is 2. The van der Waals surface area contributed by atoms with Crippen molar-refractivity contribution in [3.8, 4) is 11.5 Å². The molecular weight excluding hydrogens is 420 g/mol. The molecule has 2 aromatic carbocycles. The molecular formula is C25H32N4O4. The molecule has 0 aromatic heterocycles. The third kappa shape index (κ3) is 9.14. The minimum absolute atomic E-state index is 0.190. The lowest BCUT2D eigenvalue weighted by atomic mass is 10.1. The summed E-state index contributed by atoms with van der Waals surface area (Å²) in [6.45, 7) is 8.70. The van der Waals surface area contributed by atoms with Gasteiger partial charge in [-0.2, -0.15) is 10.2 Å². The van der Waals surface area contributed by atoms with Gasteiger partial charge in [0.15, 0.2) is 0 Å². The minimum atomic E-state index is -0.248. The fraction of sp³-hybridized carbons (Fsp3) is 0.360. The number of nitrogens with zero attached hydrogens (tertiary/aromatic N) is 2. The van der Waals surface area contributed by atoms with E-state index in [0.29, 0.717) is 31.1 Å². The maximum Gasteiger partial charge on any atom is 0.240 e. The molecule has 0 saturated heterocycles. The topological polar surface area (TPSA) is 101 Å². The summed E-state index contributed by atoms with van der Waals surface area (Å²) in [5.41, 5.74) is 8.20. The van der Waals surface area contributed by atoms with Crippen LogP contribution in [0, 0.1) is 0 Å². The zero-order valence-corrected chi connectivity index (χ0v) is 19.7. The Morgan fingerprint density at radius 2 is 1.06 bits per heavy atom. The van der Waals surface area contributed by atoms with Crippen LogP contribution < -0.4 is 20.3 Å². The number of amides is 2. The van der Waals surface area contributed by atoms with E-state index >= 15 is 0 Å². The lowest BCUT2D eigenvalue weighted by Crippen LogP contribution is -2.21. The third-order valence-electron chi connectivity index (χ3n) is 4.67. The van der Waals surface area contributed by atoms with Crippen molar-refractivity contribution < 1.29 is 19.1 Å². The van der Waals surface area contributed by atoms with Gasteiger partial charge in [-0.15, -0.1) is 0 Å². The van der Waals surface area contributed by atoms with Gasteiger partial charge in [0.1, 0.15) is 11.5 Å². The monoisotopic (exact) mass is 452 g/mol. The van der Waals surface area contributed by atoms with E-state index in [2.05, 4.69) is 21.1 Å². The summed E-state index contributed by atoms with van der Waals surface area (Å²) in [5, 5.41) is 8.25. The second-order valence-corrected chi connectivity index (χ2v) is 7.23. The van der Waals surface area contributed by atoms with E-state index in [1.807, 2.05) is 76.2 Å². The van der Waals surface area contributed by atoms with Gasteiger partial charge in [0.05, 0.1) is 24.6 Å². The molecule has 2 amide bonds. The van der Waals surface area contributed by atoms with Crippen molar-refractivity contribution in [3.05, 3.63) is 59.7 Å². The van der Waals surface area contributed by atoms with Crippen LogP contribution >= 0.6 is 0 Å². The van der Waals surface area contributed by atoms with Crippen molar-refractivity contribution in [2.45, 2.75) is 47.0 Å². The molecule has 2 N–H and O–H groups in total. The quantitative estimate of drug-likeness (QED) is 0.375. The van der Waals surface area contributed by atoms with Crippen LogP contribution in [0.15, 0.2) is 58.7 Å². The fourth-order valence-electron chi connectivity index (χ4n) is 2.86. The van der Waals surface area contributed by atoms with Crippen LogP contribution in [0.2, 0.25) is 0 Å². The van der Waals surface area contributed by atoms with E-state index in [0.717, 1.165) is 22.6 Å². The molecule has 0 heterocycles. The van der Waals surface area contributed by atoms with Crippen LogP contribution in [0.25, 0.3) is 0 Å². The number of carbonyl (C=O) groups excluding carboxylic acids is 2. The van der Waals surface area contributed by atoms with Gasteiger partial charge in [0.25, 0.3) is 0 Å². The number of rotatable bonds is 12. The number of benzene rings is 2. The molecule has 33 heavy (non-hydrogen) atoms. The summed E-state index contributed by atoms with van der Waals surface area (Å²) in [4.78, 5) is 24.0. The molecule has 8 nitrogen and oxygen atoms in total. The molecule has 0 unspecified atom stereocenters. The molecule has 0 atom stereocenters. The first kappa shape index (κ1) is 25.6. The highest BCUT2D eigenvalue weighted by atomic mass is 16.5. The van der Waals surface area contributed by atoms with Gasteiger partial charge in [-0.1, -0.05) is 0 Å². The Morgan fingerprint density at radius 3 is 1.39 bits per heavy atom. The van der Waals surface area contributed by atoms with Crippen molar-refractivity contribution in [3.63, 3.8) is 0 Å². The summed E-state index contributed by atoms with van der Waals surface area (Å²) in [6.07, 6.45) is 0.775. The Hall–Kier alpha value is -3.68. The van der Waals surface area contributed by atoms with E-state index in [1.54, 1.807) is 0 Å². The lowest BCUT2D eigenvalue weighted by Gasteiger charge is -2.06. The number of ether oxygens (including phenoxy) is 2. The molecule has 176 valence electrons. The number of hydrogen-bond acceptors (Lipinski definition) is 6. The highest BCUT2D eigenvalue weighted by Gasteiger charge is 2.06. The van der Waals surface area contributed by atoms with E-state index in [9.17, 15) is 9.59 Å². The van der Waals surface area contributed by atoms with Gasteiger partial charge in [0, 0.05) is 12.8 Å². The zero-order valence-electron chi connectivity index (χ0n) is 19.7. The van der Waals surface area contributed by atoms with Gasteiger partial charge in [-0.3, -0.25) is 9.59 Å². The molecule has 0 aliphatic rings. The first-order valence-corrected chi connectivity index (χ1v) is 11.1. The van der Waals surface area contributed by atoms with Crippen LogP contribution in [0.4, 0.5) is 0 Å². The molecule has 0 spiro atoms. The standard InChI is InChI=1S/C25H32N4O4/c1-5-32-22-14-10-20(11-15-22)18(3)26-28-24(30)8-7-9-25(31)29-27-19(4)21-12-16-23(17-13-21)33-6-2/h10-17H,5-9H2,1-4H3,(H,28,30)(H,29,31). The molecule has 0 aliphatic heterocycles. The van der Waals surface area contributed by atoms with Crippen LogP contribution in [0.1, 0.15) is 58.1 Å². The van der Waals surface area contributed by atoms with Crippen LogP contribution in [0.5, 0.6) is 11.5 Å². The Morgan fingerprint density at radius 1 is 0.697 bits per heavy atom.